The quantitative estimate of drug-likeness (QED) is 0.556. The first-order valence-electron chi connectivity index (χ1n) is 7.39. The van der Waals surface area contributed by atoms with Crippen molar-refractivity contribution in [2.24, 2.45) is 0 Å². The van der Waals surface area contributed by atoms with E-state index < -0.39 is 10.8 Å². The Bertz CT molecular complexity index is 1000. The van der Waals surface area contributed by atoms with Gasteiger partial charge in [-0.1, -0.05) is 18.2 Å². The summed E-state index contributed by atoms with van der Waals surface area (Å²) in [4.78, 5) is 14.4. The molecule has 4 nitrogen and oxygen atoms in total. The van der Waals surface area contributed by atoms with Crippen molar-refractivity contribution in [3.63, 3.8) is 0 Å². The predicted octanol–water partition coefficient (Wildman–Crippen LogP) is 4.06. The fraction of sp³-hybridized carbons (Fsp3) is 0.0556. The van der Waals surface area contributed by atoms with Gasteiger partial charge < -0.3 is 0 Å². The third-order valence-corrected chi connectivity index (χ3v) is 5.74. The molecule has 118 valence electrons. The smallest absolute Gasteiger partial charge is 0.155 e. The zero-order valence-electron chi connectivity index (χ0n) is 12.6. The molecule has 0 amide bonds. The zero-order valence-corrected chi connectivity index (χ0v) is 14.3. The topological polar surface area (TPSA) is 55.7 Å². The molecule has 0 aliphatic rings. The number of hydrogen-bond acceptors (Lipinski definition) is 5. The van der Waals surface area contributed by atoms with E-state index in [2.05, 4.69) is 9.97 Å². The van der Waals surface area contributed by atoms with Gasteiger partial charge in [0.2, 0.25) is 0 Å². The number of aromatic nitrogens is 3. The molecule has 3 heterocycles. The van der Waals surface area contributed by atoms with Crippen LogP contribution >= 0.6 is 11.3 Å². The van der Waals surface area contributed by atoms with Gasteiger partial charge >= 0.3 is 0 Å². The van der Waals surface area contributed by atoms with Gasteiger partial charge in [-0.25, -0.2) is 9.97 Å². The second-order valence-electron chi connectivity index (χ2n) is 5.19. The van der Waals surface area contributed by atoms with E-state index in [4.69, 9.17) is 4.98 Å². The van der Waals surface area contributed by atoms with Crippen LogP contribution in [0.25, 0.3) is 21.6 Å². The predicted molar refractivity (Wildman–Crippen MR) is 97.2 cm³/mol. The van der Waals surface area contributed by atoms with Crippen molar-refractivity contribution in [3.05, 3.63) is 71.9 Å². The molecule has 0 bridgehead atoms. The maximum atomic E-state index is 13.0. The molecule has 1 aromatic carbocycles. The zero-order chi connectivity index (χ0) is 16.4. The van der Waals surface area contributed by atoms with Gasteiger partial charge in [0, 0.05) is 12.4 Å². The Morgan fingerprint density at radius 2 is 1.67 bits per heavy atom. The molecule has 24 heavy (non-hydrogen) atoms. The van der Waals surface area contributed by atoms with Crippen LogP contribution in [0.5, 0.6) is 0 Å². The highest BCUT2D eigenvalue weighted by Gasteiger charge is 2.17. The molecule has 6 heteroatoms. The van der Waals surface area contributed by atoms with Crippen molar-refractivity contribution in [2.45, 2.75) is 10.8 Å². The van der Waals surface area contributed by atoms with Crippen LogP contribution in [0.4, 0.5) is 0 Å². The molecular formula is C18H13N3OS2. The van der Waals surface area contributed by atoms with E-state index in [0.717, 1.165) is 21.5 Å². The molecule has 0 saturated heterocycles. The number of nitrogens with zero attached hydrogens (tertiary/aromatic N) is 3. The lowest BCUT2D eigenvalue weighted by atomic mass is 10.3. The summed E-state index contributed by atoms with van der Waals surface area (Å²) < 4.78 is 13.0. The molecule has 0 radical (unpaired) electrons. The molecule has 0 saturated carbocycles. The number of hydrogen-bond donors (Lipinski definition) is 0. The van der Waals surface area contributed by atoms with E-state index in [1.807, 2.05) is 53.9 Å². The van der Waals surface area contributed by atoms with Gasteiger partial charge in [0.15, 0.2) is 5.03 Å². The maximum absolute atomic E-state index is 13.0. The van der Waals surface area contributed by atoms with Gasteiger partial charge in [-0.2, -0.15) is 0 Å². The number of thiophene rings is 1. The van der Waals surface area contributed by atoms with Crippen LogP contribution in [0.1, 0.15) is 5.56 Å². The van der Waals surface area contributed by atoms with Crippen LogP contribution in [0, 0.1) is 0 Å². The summed E-state index contributed by atoms with van der Waals surface area (Å²) in [5, 5.41) is 2.52. The van der Waals surface area contributed by atoms with Gasteiger partial charge in [0.25, 0.3) is 0 Å². The molecule has 0 aliphatic heterocycles. The van der Waals surface area contributed by atoms with E-state index in [1.54, 1.807) is 23.7 Å². The van der Waals surface area contributed by atoms with E-state index >= 15 is 0 Å². The van der Waals surface area contributed by atoms with Gasteiger partial charge in [-0.05, 0) is 41.3 Å². The van der Waals surface area contributed by atoms with Crippen molar-refractivity contribution in [2.75, 3.05) is 0 Å². The molecule has 4 aromatic rings. The van der Waals surface area contributed by atoms with E-state index in [1.165, 1.54) is 0 Å². The number of rotatable bonds is 4. The maximum Gasteiger partial charge on any atom is 0.155 e. The van der Waals surface area contributed by atoms with Crippen LogP contribution in [0.3, 0.4) is 0 Å². The molecule has 1 unspecified atom stereocenters. The summed E-state index contributed by atoms with van der Waals surface area (Å²) in [7, 11) is -1.28. The van der Waals surface area contributed by atoms with Gasteiger partial charge in [-0.3, -0.25) is 9.19 Å². The average molecular weight is 351 g/mol. The molecule has 1 atom stereocenters. The van der Waals surface area contributed by atoms with Crippen molar-refractivity contribution < 1.29 is 4.21 Å². The van der Waals surface area contributed by atoms with Crippen LogP contribution < -0.4 is 0 Å². The largest absolute Gasteiger partial charge is 0.265 e. The van der Waals surface area contributed by atoms with Gasteiger partial charge in [0.1, 0.15) is 5.69 Å². The Morgan fingerprint density at radius 3 is 2.38 bits per heavy atom. The number of pyridine rings is 1. The van der Waals surface area contributed by atoms with Crippen LogP contribution in [-0.4, -0.2) is 19.2 Å². The standard InChI is InChI=1S/C18H13N3OS2/c22-24(12-13-7-9-19-10-8-13)18-17(16-6-3-11-23-16)20-14-4-1-2-5-15(14)21-18/h1-11H,12H2. The number of benzene rings is 1. The van der Waals surface area contributed by atoms with E-state index in [0.29, 0.717) is 16.5 Å². The first kappa shape index (κ1) is 15.1. The Morgan fingerprint density at radius 1 is 0.917 bits per heavy atom. The second kappa shape index (κ2) is 6.59. The molecule has 0 fully saturated rings. The molecule has 3 aromatic heterocycles. The van der Waals surface area contributed by atoms with Gasteiger partial charge in [0.05, 0.1) is 32.5 Å². The number of para-hydroxylation sites is 2. The highest BCUT2D eigenvalue weighted by atomic mass is 32.2. The minimum absolute atomic E-state index is 0.397. The molecule has 0 aliphatic carbocycles. The second-order valence-corrected chi connectivity index (χ2v) is 7.50. The molecule has 0 spiro atoms. The van der Waals surface area contributed by atoms with Crippen molar-refractivity contribution >= 4 is 33.2 Å². The SMILES string of the molecule is O=S(Cc1ccncc1)c1nc2ccccc2nc1-c1cccs1. The molecule has 4 rings (SSSR count). The normalized spacial score (nSPS) is 12.3. The Labute approximate surface area is 145 Å². The Hall–Kier alpha value is -2.44. The van der Waals surface area contributed by atoms with Crippen molar-refractivity contribution in [3.8, 4) is 10.6 Å². The lowest BCUT2D eigenvalue weighted by molar-refractivity contribution is 0.680. The van der Waals surface area contributed by atoms with Gasteiger partial charge in [-0.15, -0.1) is 11.3 Å². The Balaban J connectivity index is 1.83. The fourth-order valence-electron chi connectivity index (χ4n) is 2.42. The summed E-state index contributed by atoms with van der Waals surface area (Å²) in [6.45, 7) is 0. The molecular weight excluding hydrogens is 338 g/mol. The van der Waals surface area contributed by atoms with Crippen LogP contribution in [0.2, 0.25) is 0 Å². The first-order valence-corrected chi connectivity index (χ1v) is 9.59. The van der Waals surface area contributed by atoms with E-state index in [-0.39, 0.29) is 0 Å². The lowest BCUT2D eigenvalue weighted by Gasteiger charge is -2.08. The number of fused-ring (bicyclic) bond motifs is 1. The van der Waals surface area contributed by atoms with Crippen LogP contribution in [-0.2, 0) is 16.6 Å². The monoisotopic (exact) mass is 351 g/mol. The van der Waals surface area contributed by atoms with E-state index in [9.17, 15) is 4.21 Å². The third-order valence-electron chi connectivity index (χ3n) is 3.56. The summed E-state index contributed by atoms with van der Waals surface area (Å²) in [5.74, 6) is 0.397. The average Bonchev–Trinajstić information content (AvgIpc) is 3.16. The minimum atomic E-state index is -1.28. The Kier molecular flexibility index (Phi) is 4.15. The summed E-state index contributed by atoms with van der Waals surface area (Å²) in [6.07, 6.45) is 3.41. The van der Waals surface area contributed by atoms with Crippen LogP contribution in [0.15, 0.2) is 71.3 Å². The highest BCUT2D eigenvalue weighted by molar-refractivity contribution is 7.84. The fourth-order valence-corrected chi connectivity index (χ4v) is 4.40. The lowest BCUT2D eigenvalue weighted by Crippen LogP contribution is -2.04. The minimum Gasteiger partial charge on any atom is -0.265 e. The summed E-state index contributed by atoms with van der Waals surface area (Å²) in [6, 6.07) is 15.4. The van der Waals surface area contributed by atoms with Crippen molar-refractivity contribution in [1.29, 1.82) is 0 Å². The summed E-state index contributed by atoms with van der Waals surface area (Å²) >= 11 is 1.58. The highest BCUT2D eigenvalue weighted by Crippen LogP contribution is 2.29. The third kappa shape index (κ3) is 2.98. The summed E-state index contributed by atoms with van der Waals surface area (Å²) in [5.41, 5.74) is 3.24. The molecule has 0 N–H and O–H groups in total. The first-order chi connectivity index (χ1) is 11.8. The van der Waals surface area contributed by atoms with Crippen molar-refractivity contribution in [1.82, 2.24) is 15.0 Å².